The number of carboxylic acid groups (broad SMARTS) is 1. The second-order valence-electron chi connectivity index (χ2n) is 4.13. The van der Waals surface area contributed by atoms with Gasteiger partial charge in [0.05, 0.1) is 11.7 Å². The molecule has 0 spiro atoms. The van der Waals surface area contributed by atoms with Gasteiger partial charge in [0.25, 0.3) is 0 Å². The smallest absolute Gasteiger partial charge is 0.322 e. The van der Waals surface area contributed by atoms with Crippen molar-refractivity contribution in [3.05, 3.63) is 0 Å². The minimum absolute atomic E-state index is 0.526. The molecule has 0 saturated heterocycles. The fourth-order valence-corrected chi connectivity index (χ4v) is 3.60. The van der Waals surface area contributed by atoms with E-state index in [9.17, 15) is 18.0 Å². The van der Waals surface area contributed by atoms with Crippen LogP contribution in [0.5, 0.6) is 0 Å². The van der Waals surface area contributed by atoms with Gasteiger partial charge >= 0.3 is 5.97 Å². The molecule has 1 amide bonds. The molecule has 1 fully saturated rings. The van der Waals surface area contributed by atoms with E-state index in [1.165, 1.54) is 0 Å². The lowest BCUT2D eigenvalue weighted by molar-refractivity contribution is -0.140. The van der Waals surface area contributed by atoms with Gasteiger partial charge in [-0.15, -0.1) is 0 Å². The lowest BCUT2D eigenvalue weighted by Gasteiger charge is -2.16. The van der Waals surface area contributed by atoms with Crippen LogP contribution < -0.4 is 10.5 Å². The quantitative estimate of drug-likeness (QED) is 0.577. The average Bonchev–Trinajstić information content (AvgIpc) is 2.68. The highest BCUT2D eigenvalue weighted by Crippen LogP contribution is 2.24. The highest BCUT2D eigenvalue weighted by Gasteiger charge is 2.33. The minimum atomic E-state index is -3.69. The number of rotatable bonds is 6. The molecule has 8 heteroatoms. The third kappa shape index (κ3) is 3.97. The monoisotopic (exact) mass is 264 g/mol. The third-order valence-corrected chi connectivity index (χ3v) is 4.71. The van der Waals surface area contributed by atoms with Crippen molar-refractivity contribution < 1.29 is 23.1 Å². The molecule has 1 aliphatic carbocycles. The van der Waals surface area contributed by atoms with Gasteiger partial charge in [-0.3, -0.25) is 9.59 Å². The number of carbonyl (C=O) groups is 2. The maximum Gasteiger partial charge on any atom is 0.322 e. The molecule has 0 aromatic carbocycles. The fraction of sp³-hybridized carbons (Fsp3) is 0.778. The molecular weight excluding hydrogens is 248 g/mol. The van der Waals surface area contributed by atoms with Crippen LogP contribution >= 0.6 is 0 Å². The van der Waals surface area contributed by atoms with Gasteiger partial charge in [0.2, 0.25) is 15.9 Å². The summed E-state index contributed by atoms with van der Waals surface area (Å²) in [6.45, 7) is 0. The topological polar surface area (TPSA) is 127 Å². The van der Waals surface area contributed by atoms with E-state index in [0.29, 0.717) is 12.8 Å². The SMILES string of the molecule is NC(=O)C[C@@H](NS(=O)(=O)C1CCCC1)C(=O)O. The van der Waals surface area contributed by atoms with Crippen molar-refractivity contribution in [1.29, 1.82) is 0 Å². The van der Waals surface area contributed by atoms with E-state index >= 15 is 0 Å². The molecule has 1 rings (SSSR count). The standard InChI is InChI=1S/C9H16N2O5S/c10-8(12)5-7(9(13)14)11-17(15,16)6-3-1-2-4-6/h6-7,11H,1-5H2,(H2,10,12)(H,13,14)/t7-/m1/s1. The predicted molar refractivity (Wildman–Crippen MR) is 59.5 cm³/mol. The van der Waals surface area contributed by atoms with E-state index < -0.39 is 39.6 Å². The third-order valence-electron chi connectivity index (χ3n) is 2.75. The first-order valence-corrected chi connectivity index (χ1v) is 6.90. The average molecular weight is 264 g/mol. The Labute approximate surface area is 99.4 Å². The number of nitrogens with two attached hydrogens (primary N) is 1. The number of nitrogens with one attached hydrogen (secondary N) is 1. The minimum Gasteiger partial charge on any atom is -0.480 e. The van der Waals surface area contributed by atoms with Crippen LogP contribution in [0.1, 0.15) is 32.1 Å². The van der Waals surface area contributed by atoms with Crippen LogP contribution in [0.2, 0.25) is 0 Å². The fourth-order valence-electron chi connectivity index (χ4n) is 1.87. The van der Waals surface area contributed by atoms with E-state index in [0.717, 1.165) is 12.8 Å². The molecule has 0 aliphatic heterocycles. The van der Waals surface area contributed by atoms with Crippen LogP contribution in [0.25, 0.3) is 0 Å². The molecule has 4 N–H and O–H groups in total. The Morgan fingerprint density at radius 3 is 2.29 bits per heavy atom. The molecule has 1 atom stereocenters. The first-order valence-electron chi connectivity index (χ1n) is 5.35. The van der Waals surface area contributed by atoms with Gasteiger partial charge in [0.15, 0.2) is 0 Å². The summed E-state index contributed by atoms with van der Waals surface area (Å²) < 4.78 is 25.6. The van der Waals surface area contributed by atoms with Crippen LogP contribution in [0.15, 0.2) is 0 Å². The second kappa shape index (κ2) is 5.46. The zero-order valence-corrected chi connectivity index (χ0v) is 10.1. The summed E-state index contributed by atoms with van der Waals surface area (Å²) in [4.78, 5) is 21.4. The van der Waals surface area contributed by atoms with Crippen molar-refractivity contribution in [3.63, 3.8) is 0 Å². The summed E-state index contributed by atoms with van der Waals surface area (Å²) in [7, 11) is -3.69. The van der Waals surface area contributed by atoms with E-state index in [-0.39, 0.29) is 0 Å². The zero-order chi connectivity index (χ0) is 13.1. The van der Waals surface area contributed by atoms with Gasteiger partial charge in [-0.1, -0.05) is 12.8 Å². The predicted octanol–water partition coefficient (Wildman–Crippen LogP) is -0.823. The number of aliphatic carboxylic acids is 1. The maximum atomic E-state index is 11.8. The van der Waals surface area contributed by atoms with Crippen LogP contribution in [0, 0.1) is 0 Å². The normalized spacial score (nSPS) is 19.1. The Kier molecular flexibility index (Phi) is 4.47. The van der Waals surface area contributed by atoms with E-state index in [2.05, 4.69) is 0 Å². The molecule has 17 heavy (non-hydrogen) atoms. The van der Waals surface area contributed by atoms with Crippen molar-refractivity contribution in [1.82, 2.24) is 4.72 Å². The van der Waals surface area contributed by atoms with Gasteiger partial charge in [-0.25, -0.2) is 13.1 Å². The van der Waals surface area contributed by atoms with Gasteiger partial charge in [0.1, 0.15) is 6.04 Å². The van der Waals surface area contributed by atoms with Gasteiger partial charge in [-0.2, -0.15) is 0 Å². The maximum absolute atomic E-state index is 11.8. The number of hydrogen-bond donors (Lipinski definition) is 3. The molecule has 0 heterocycles. The summed E-state index contributed by atoms with van der Waals surface area (Å²) >= 11 is 0. The number of amides is 1. The first kappa shape index (κ1) is 13.9. The number of primary amides is 1. The number of sulfonamides is 1. The van der Waals surface area contributed by atoms with Gasteiger partial charge < -0.3 is 10.8 Å². The summed E-state index contributed by atoms with van der Waals surface area (Å²) in [6, 6.07) is -1.47. The van der Waals surface area contributed by atoms with E-state index in [1.54, 1.807) is 0 Å². The molecule has 0 radical (unpaired) electrons. The number of carbonyl (C=O) groups excluding carboxylic acids is 1. The van der Waals surface area contributed by atoms with Crippen LogP contribution in [-0.4, -0.2) is 36.7 Å². The van der Waals surface area contributed by atoms with Crippen molar-refractivity contribution >= 4 is 21.9 Å². The van der Waals surface area contributed by atoms with E-state index in [4.69, 9.17) is 10.8 Å². The molecule has 1 saturated carbocycles. The van der Waals surface area contributed by atoms with Crippen molar-refractivity contribution in [2.24, 2.45) is 5.73 Å². The largest absolute Gasteiger partial charge is 0.480 e. The number of carboxylic acids is 1. The Bertz CT molecular complexity index is 400. The summed E-state index contributed by atoms with van der Waals surface area (Å²) in [5.41, 5.74) is 4.87. The molecule has 7 nitrogen and oxygen atoms in total. The number of hydrogen-bond acceptors (Lipinski definition) is 4. The van der Waals surface area contributed by atoms with Crippen LogP contribution in [0.3, 0.4) is 0 Å². The van der Waals surface area contributed by atoms with Crippen LogP contribution in [-0.2, 0) is 19.6 Å². The van der Waals surface area contributed by atoms with Crippen molar-refractivity contribution in [3.8, 4) is 0 Å². The molecule has 0 aromatic heterocycles. The highest BCUT2D eigenvalue weighted by molar-refractivity contribution is 7.90. The van der Waals surface area contributed by atoms with Gasteiger partial charge in [0, 0.05) is 0 Å². The van der Waals surface area contributed by atoms with Crippen molar-refractivity contribution in [2.45, 2.75) is 43.4 Å². The zero-order valence-electron chi connectivity index (χ0n) is 9.26. The van der Waals surface area contributed by atoms with Crippen LogP contribution in [0.4, 0.5) is 0 Å². The second-order valence-corrected chi connectivity index (χ2v) is 6.12. The Morgan fingerprint density at radius 1 is 1.35 bits per heavy atom. The van der Waals surface area contributed by atoms with Gasteiger partial charge in [-0.05, 0) is 12.8 Å². The Hall–Kier alpha value is -1.15. The molecule has 98 valence electrons. The van der Waals surface area contributed by atoms with Crippen molar-refractivity contribution in [2.75, 3.05) is 0 Å². The summed E-state index contributed by atoms with van der Waals surface area (Å²) in [5.74, 6) is -2.25. The Balaban J connectivity index is 2.71. The lowest BCUT2D eigenvalue weighted by Crippen LogP contribution is -2.46. The first-order chi connectivity index (χ1) is 7.83. The molecule has 0 unspecified atom stereocenters. The molecular formula is C9H16N2O5S. The lowest BCUT2D eigenvalue weighted by atomic mass is 10.2. The summed E-state index contributed by atoms with van der Waals surface area (Å²) in [6.07, 6.45) is 2.15. The Morgan fingerprint density at radius 2 is 1.88 bits per heavy atom. The highest BCUT2D eigenvalue weighted by atomic mass is 32.2. The molecule has 0 aromatic rings. The molecule has 0 bridgehead atoms. The summed E-state index contributed by atoms with van der Waals surface area (Å²) in [5, 5.41) is 8.24. The van der Waals surface area contributed by atoms with E-state index in [1.807, 2.05) is 4.72 Å². The molecule has 1 aliphatic rings.